The lowest BCUT2D eigenvalue weighted by molar-refractivity contribution is -0.138. The smallest absolute Gasteiger partial charge is 0.207 e. The normalized spacial score (nSPS) is 13.1. The first-order valence-electron chi connectivity index (χ1n) is 7.38. The first-order chi connectivity index (χ1) is 13.8. The fourth-order valence-corrected chi connectivity index (χ4v) is 4.05. The maximum absolute atomic E-state index is 14.1. The van der Waals surface area contributed by atoms with Gasteiger partial charge in [0.1, 0.15) is 11.5 Å². The van der Waals surface area contributed by atoms with Gasteiger partial charge in [-0.2, -0.15) is 26.3 Å². The largest absolute Gasteiger partial charge is 0.445 e. The zero-order valence-electron chi connectivity index (χ0n) is 13.9. The zero-order chi connectivity index (χ0) is 22.4. The average Bonchev–Trinajstić information content (AvgIpc) is 3.04. The molecule has 5 nitrogen and oxygen atoms in total. The van der Waals surface area contributed by atoms with Gasteiger partial charge < -0.3 is 0 Å². The van der Waals surface area contributed by atoms with Crippen LogP contribution in [0.15, 0.2) is 39.6 Å². The molecule has 0 aliphatic heterocycles. The van der Waals surface area contributed by atoms with Crippen LogP contribution in [-0.2, 0) is 16.2 Å². The van der Waals surface area contributed by atoms with E-state index in [2.05, 4.69) is 9.50 Å². The third kappa shape index (κ3) is 4.07. The molecule has 0 saturated carbocycles. The van der Waals surface area contributed by atoms with E-state index in [0.29, 0.717) is 12.1 Å². The standard InChI is InChI=1S/C15H5F8N3O2S2/c16-6-1-3-7(4-2-6)30(27,28)25-14-26(24-13(29-14)15(21,22)23)12-10(19)8(17)5-9(18)11(12)20/h1-5H/b25-14-. The Balaban J connectivity index is 2.36. The summed E-state index contributed by atoms with van der Waals surface area (Å²) in [6, 6.07) is 2.69. The highest BCUT2D eigenvalue weighted by molar-refractivity contribution is 7.90. The van der Waals surface area contributed by atoms with Crippen molar-refractivity contribution in [2.75, 3.05) is 0 Å². The molecule has 15 heteroatoms. The summed E-state index contributed by atoms with van der Waals surface area (Å²) in [5, 5.41) is 1.02. The van der Waals surface area contributed by atoms with Gasteiger partial charge in [0.15, 0.2) is 23.3 Å². The maximum Gasteiger partial charge on any atom is 0.445 e. The van der Waals surface area contributed by atoms with E-state index in [1.54, 1.807) is 0 Å². The van der Waals surface area contributed by atoms with E-state index in [0.717, 1.165) is 12.1 Å². The fraction of sp³-hybridized carbons (Fsp3) is 0.0667. The summed E-state index contributed by atoms with van der Waals surface area (Å²) in [6.45, 7) is 0. The first kappa shape index (κ1) is 21.9. The van der Waals surface area contributed by atoms with E-state index in [9.17, 15) is 43.5 Å². The summed E-state index contributed by atoms with van der Waals surface area (Å²) in [4.78, 5) is -1.95. The number of alkyl halides is 3. The van der Waals surface area contributed by atoms with Crippen LogP contribution in [0.2, 0.25) is 0 Å². The summed E-state index contributed by atoms with van der Waals surface area (Å²) in [5.74, 6) is -9.03. The Hall–Kier alpha value is -2.81. The molecule has 0 atom stereocenters. The third-order valence-electron chi connectivity index (χ3n) is 3.41. The third-order valence-corrected chi connectivity index (χ3v) is 5.76. The molecule has 0 saturated heterocycles. The van der Waals surface area contributed by atoms with Crippen LogP contribution >= 0.6 is 11.3 Å². The summed E-state index contributed by atoms with van der Waals surface area (Å²) in [7, 11) is -4.83. The molecule has 0 fully saturated rings. The minimum atomic E-state index is -5.21. The molecule has 1 heterocycles. The van der Waals surface area contributed by atoms with E-state index in [1.807, 2.05) is 0 Å². The Labute approximate surface area is 165 Å². The molecular weight excluding hydrogens is 470 g/mol. The topological polar surface area (TPSA) is 64.3 Å². The van der Waals surface area contributed by atoms with Gasteiger partial charge in [-0.15, -0.1) is 9.50 Å². The molecule has 0 amide bonds. The van der Waals surface area contributed by atoms with Crippen LogP contribution in [0.25, 0.3) is 5.69 Å². The van der Waals surface area contributed by atoms with E-state index < -0.39 is 77.0 Å². The van der Waals surface area contributed by atoms with Crippen LogP contribution in [0.4, 0.5) is 35.1 Å². The van der Waals surface area contributed by atoms with Gasteiger partial charge in [-0.25, -0.2) is 22.0 Å². The highest BCUT2D eigenvalue weighted by Crippen LogP contribution is 2.31. The van der Waals surface area contributed by atoms with Gasteiger partial charge >= 0.3 is 6.18 Å². The summed E-state index contributed by atoms with van der Waals surface area (Å²) in [6.07, 6.45) is -5.21. The fourth-order valence-electron chi connectivity index (χ4n) is 2.11. The van der Waals surface area contributed by atoms with E-state index in [1.165, 1.54) is 0 Å². The quantitative estimate of drug-likeness (QED) is 0.426. The molecule has 0 spiro atoms. The van der Waals surface area contributed by atoms with Crippen molar-refractivity contribution in [3.05, 3.63) is 69.2 Å². The van der Waals surface area contributed by atoms with Crippen molar-refractivity contribution >= 4 is 21.4 Å². The molecule has 0 radical (unpaired) electrons. The lowest BCUT2D eigenvalue weighted by Crippen LogP contribution is -2.21. The van der Waals surface area contributed by atoms with Crippen LogP contribution < -0.4 is 4.80 Å². The van der Waals surface area contributed by atoms with Crippen molar-refractivity contribution in [3.63, 3.8) is 0 Å². The minimum Gasteiger partial charge on any atom is -0.207 e. The molecular formula is C15H5F8N3O2S2. The molecule has 2 aromatic carbocycles. The number of nitrogens with zero attached hydrogens (tertiary/aromatic N) is 3. The molecule has 0 unspecified atom stereocenters. The number of halogens is 8. The minimum absolute atomic E-state index is 0.197. The molecule has 1 aromatic heterocycles. The van der Waals surface area contributed by atoms with Crippen LogP contribution in [0.3, 0.4) is 0 Å². The second-order valence-corrected chi connectivity index (χ2v) is 8.00. The van der Waals surface area contributed by atoms with Crippen molar-refractivity contribution in [2.24, 2.45) is 4.40 Å². The molecule has 0 N–H and O–H groups in total. The van der Waals surface area contributed by atoms with Crippen molar-refractivity contribution in [1.29, 1.82) is 0 Å². The molecule has 0 aliphatic rings. The molecule has 30 heavy (non-hydrogen) atoms. The van der Waals surface area contributed by atoms with Crippen LogP contribution in [-0.4, -0.2) is 18.2 Å². The second-order valence-electron chi connectivity index (χ2n) is 5.44. The highest BCUT2D eigenvalue weighted by Gasteiger charge is 2.37. The van der Waals surface area contributed by atoms with Gasteiger partial charge in [-0.1, -0.05) is 11.3 Å². The lowest BCUT2D eigenvalue weighted by Gasteiger charge is -2.07. The SMILES string of the molecule is O=S(=O)(/N=c1\sc(C(F)(F)F)nn1-c1c(F)c(F)cc(F)c1F)c1ccc(F)cc1. The monoisotopic (exact) mass is 475 g/mol. The van der Waals surface area contributed by atoms with Gasteiger partial charge in [0.2, 0.25) is 9.81 Å². The van der Waals surface area contributed by atoms with Gasteiger partial charge in [0.05, 0.1) is 4.90 Å². The second kappa shape index (κ2) is 7.46. The van der Waals surface area contributed by atoms with Crippen molar-refractivity contribution in [2.45, 2.75) is 11.1 Å². The van der Waals surface area contributed by atoms with Gasteiger partial charge in [-0.05, 0) is 24.3 Å². The molecule has 0 bridgehead atoms. The van der Waals surface area contributed by atoms with Crippen molar-refractivity contribution < 1.29 is 43.5 Å². The lowest BCUT2D eigenvalue weighted by atomic mass is 10.2. The number of aromatic nitrogens is 2. The summed E-state index contributed by atoms with van der Waals surface area (Å²) < 4.78 is 135. The molecule has 0 aliphatic carbocycles. The van der Waals surface area contributed by atoms with Gasteiger partial charge in [-0.3, -0.25) is 0 Å². The zero-order valence-corrected chi connectivity index (χ0v) is 15.5. The molecule has 3 rings (SSSR count). The number of rotatable bonds is 3. The summed E-state index contributed by atoms with van der Waals surface area (Å²) >= 11 is -0.456. The van der Waals surface area contributed by atoms with E-state index in [4.69, 9.17) is 0 Å². The number of hydrogen-bond acceptors (Lipinski definition) is 4. The predicted octanol–water partition coefficient (Wildman–Crippen LogP) is 3.94. The average molecular weight is 475 g/mol. The Kier molecular flexibility index (Phi) is 5.44. The number of sulfonamides is 1. The van der Waals surface area contributed by atoms with E-state index in [-0.39, 0.29) is 10.7 Å². The first-order valence-corrected chi connectivity index (χ1v) is 9.64. The number of hydrogen-bond donors (Lipinski definition) is 0. The van der Waals surface area contributed by atoms with Crippen LogP contribution in [0.5, 0.6) is 0 Å². The van der Waals surface area contributed by atoms with Gasteiger partial charge in [0, 0.05) is 6.07 Å². The Bertz CT molecular complexity index is 1270. The van der Waals surface area contributed by atoms with Crippen LogP contribution in [0, 0.1) is 29.1 Å². The van der Waals surface area contributed by atoms with E-state index >= 15 is 0 Å². The molecule has 160 valence electrons. The summed E-state index contributed by atoms with van der Waals surface area (Å²) in [5.41, 5.74) is -1.74. The molecule has 3 aromatic rings. The number of benzene rings is 2. The highest BCUT2D eigenvalue weighted by atomic mass is 32.2. The van der Waals surface area contributed by atoms with Crippen molar-refractivity contribution in [1.82, 2.24) is 9.78 Å². The maximum atomic E-state index is 14.1. The van der Waals surface area contributed by atoms with Crippen molar-refractivity contribution in [3.8, 4) is 5.69 Å². The Morgan fingerprint density at radius 2 is 1.47 bits per heavy atom. The van der Waals surface area contributed by atoms with Gasteiger partial charge in [0.25, 0.3) is 10.0 Å². The van der Waals surface area contributed by atoms with Crippen LogP contribution in [0.1, 0.15) is 5.01 Å². The Morgan fingerprint density at radius 1 is 0.933 bits per heavy atom. The Morgan fingerprint density at radius 3 is 1.97 bits per heavy atom. The predicted molar refractivity (Wildman–Crippen MR) is 85.4 cm³/mol.